The number of rotatable bonds is 11. The van der Waals surface area contributed by atoms with E-state index in [1.807, 2.05) is 45.2 Å². The van der Waals surface area contributed by atoms with Crippen molar-refractivity contribution in [2.75, 3.05) is 19.8 Å². The molecule has 0 bridgehead atoms. The number of carbonyl (C=O) groups is 1. The van der Waals surface area contributed by atoms with Gasteiger partial charge in [0.2, 0.25) is 0 Å². The van der Waals surface area contributed by atoms with Crippen LogP contribution in [0.25, 0.3) is 22.4 Å². The quantitative estimate of drug-likeness (QED) is 0.371. The Hall–Kier alpha value is -2.85. The molecule has 0 spiro atoms. The van der Waals surface area contributed by atoms with Gasteiger partial charge < -0.3 is 28.5 Å². The first-order valence-corrected chi connectivity index (χ1v) is 13.4. The van der Waals surface area contributed by atoms with Crippen molar-refractivity contribution in [2.45, 2.75) is 71.4 Å². The van der Waals surface area contributed by atoms with E-state index in [1.165, 1.54) is 0 Å². The third kappa shape index (κ3) is 6.07. The zero-order valence-corrected chi connectivity index (χ0v) is 23.1. The molecule has 38 heavy (non-hydrogen) atoms. The monoisotopic (exact) mass is 524 g/mol. The van der Waals surface area contributed by atoms with Crippen molar-refractivity contribution in [3.8, 4) is 11.4 Å². The van der Waals surface area contributed by atoms with E-state index < -0.39 is 11.6 Å². The summed E-state index contributed by atoms with van der Waals surface area (Å²) in [4.78, 5) is 29.4. The summed E-state index contributed by atoms with van der Waals surface area (Å²) in [6.45, 7) is 9.90. The lowest BCUT2D eigenvalue weighted by Crippen LogP contribution is -2.58. The Morgan fingerprint density at radius 2 is 2.11 bits per heavy atom. The van der Waals surface area contributed by atoms with E-state index in [4.69, 9.17) is 14.5 Å². The van der Waals surface area contributed by atoms with E-state index in [-0.39, 0.29) is 18.3 Å². The van der Waals surface area contributed by atoms with Gasteiger partial charge in [-0.1, -0.05) is 6.07 Å². The molecule has 2 unspecified atom stereocenters. The number of fused-ring (bicyclic) bond motifs is 1. The van der Waals surface area contributed by atoms with Crippen LogP contribution in [0.2, 0.25) is 0 Å². The number of hydrogen-bond donors (Lipinski definition) is 2. The summed E-state index contributed by atoms with van der Waals surface area (Å²) in [7, 11) is 1.76. The number of ether oxygens (including phenoxy) is 2. The summed E-state index contributed by atoms with van der Waals surface area (Å²) in [5.41, 5.74) is 3.10. The minimum absolute atomic E-state index is 0.0244. The maximum absolute atomic E-state index is 12.3. The van der Waals surface area contributed by atoms with Crippen LogP contribution in [0.1, 0.15) is 44.7 Å². The highest BCUT2D eigenvalue weighted by atomic mass is 16.5. The van der Waals surface area contributed by atoms with Crippen LogP contribution in [0.5, 0.6) is 0 Å². The predicted molar refractivity (Wildman–Crippen MR) is 147 cm³/mol. The molecule has 0 radical (unpaired) electrons. The highest BCUT2D eigenvalue weighted by Gasteiger charge is 2.35. The molecule has 3 heterocycles. The van der Waals surface area contributed by atoms with Gasteiger partial charge in [0.05, 0.1) is 36.5 Å². The van der Waals surface area contributed by atoms with Gasteiger partial charge in [-0.15, -0.1) is 0 Å². The fourth-order valence-electron chi connectivity index (χ4n) is 4.96. The minimum atomic E-state index is -1.21. The number of nitrogens with zero attached hydrogens (tertiary/aromatic N) is 3. The van der Waals surface area contributed by atoms with Crippen LogP contribution in [-0.2, 0) is 34.4 Å². The second-order valence-corrected chi connectivity index (χ2v) is 10.8. The Morgan fingerprint density at radius 3 is 2.74 bits per heavy atom. The topological polar surface area (TPSA) is 108 Å². The van der Waals surface area contributed by atoms with Crippen LogP contribution in [0, 0.1) is 12.8 Å². The molecule has 1 fully saturated rings. The van der Waals surface area contributed by atoms with E-state index in [0.29, 0.717) is 24.6 Å². The number of benzene rings is 1. The lowest BCUT2D eigenvalue weighted by molar-refractivity contribution is -0.122. The molecule has 0 amide bonds. The Balaban J connectivity index is 1.72. The highest BCUT2D eigenvalue weighted by Crippen LogP contribution is 2.29. The largest absolute Gasteiger partial charge is 0.391 e. The number of nitrogens with one attached hydrogen (secondary N) is 1. The molecule has 2 aromatic heterocycles. The fourth-order valence-corrected chi connectivity index (χ4v) is 4.96. The summed E-state index contributed by atoms with van der Waals surface area (Å²) in [6, 6.07) is 7.94. The summed E-state index contributed by atoms with van der Waals surface area (Å²) in [5, 5.41) is 13.7. The standard InChI is InChI=1S/C29H40N4O5/c1-19(2)38-18-29(17-34,21(4)35)30-13-22-8-9-25-26(12-22)33(14-23-7-6-10-37-16-23)27(31-25)24-11-20(3)28(36)32(5)15-24/h8-9,11-12,15,17,19,21,23,30,35H,6-7,10,13-14,16,18H2,1-5H3/t21-,23?,29?/m1/s1. The second-order valence-electron chi connectivity index (χ2n) is 10.8. The van der Waals surface area contributed by atoms with E-state index in [0.717, 1.165) is 60.3 Å². The van der Waals surface area contributed by atoms with Gasteiger partial charge in [-0.2, -0.15) is 0 Å². The zero-order valence-electron chi connectivity index (χ0n) is 23.1. The molecule has 2 N–H and O–H groups in total. The number of aliphatic hydroxyl groups excluding tert-OH is 1. The highest BCUT2D eigenvalue weighted by molar-refractivity contribution is 5.81. The van der Waals surface area contributed by atoms with Gasteiger partial charge in [0.25, 0.3) is 5.56 Å². The third-order valence-electron chi connectivity index (χ3n) is 7.36. The van der Waals surface area contributed by atoms with Crippen molar-refractivity contribution in [1.82, 2.24) is 19.4 Å². The van der Waals surface area contributed by atoms with Crippen LogP contribution in [0.15, 0.2) is 35.3 Å². The van der Waals surface area contributed by atoms with Crippen molar-refractivity contribution in [3.63, 3.8) is 0 Å². The summed E-state index contributed by atoms with van der Waals surface area (Å²) < 4.78 is 15.3. The number of imidazole rings is 1. The van der Waals surface area contributed by atoms with Crippen molar-refractivity contribution >= 4 is 17.3 Å². The molecule has 1 aliphatic heterocycles. The van der Waals surface area contributed by atoms with Gasteiger partial charge in [-0.25, -0.2) is 4.98 Å². The predicted octanol–water partition coefficient (Wildman–Crippen LogP) is 2.97. The third-order valence-corrected chi connectivity index (χ3v) is 7.36. The van der Waals surface area contributed by atoms with Crippen molar-refractivity contribution in [3.05, 3.63) is 51.9 Å². The SMILES string of the molecule is Cc1cc(-c2nc3ccc(CNC(C=O)(COC(C)C)[C@@H](C)O)cc3n2CC2CCCOC2)cn(C)c1=O. The molecule has 4 rings (SSSR count). The molecule has 1 saturated heterocycles. The summed E-state index contributed by atoms with van der Waals surface area (Å²) in [6.07, 6.45) is 3.70. The molecule has 1 aliphatic rings. The minimum Gasteiger partial charge on any atom is -0.391 e. The van der Waals surface area contributed by atoms with Crippen molar-refractivity contribution in [1.29, 1.82) is 0 Å². The molecule has 206 valence electrons. The van der Waals surface area contributed by atoms with Gasteiger partial charge >= 0.3 is 0 Å². The number of aldehydes is 1. The number of hydrogen-bond acceptors (Lipinski definition) is 7. The van der Waals surface area contributed by atoms with Crippen LogP contribution >= 0.6 is 0 Å². The number of aryl methyl sites for hydroxylation is 2. The summed E-state index contributed by atoms with van der Waals surface area (Å²) in [5.74, 6) is 1.17. The van der Waals surface area contributed by atoms with Gasteiger partial charge in [0.15, 0.2) is 0 Å². The summed E-state index contributed by atoms with van der Waals surface area (Å²) >= 11 is 0. The van der Waals surface area contributed by atoms with E-state index in [1.54, 1.807) is 18.5 Å². The van der Waals surface area contributed by atoms with Crippen LogP contribution < -0.4 is 10.9 Å². The maximum Gasteiger partial charge on any atom is 0.253 e. The van der Waals surface area contributed by atoms with Crippen molar-refractivity contribution in [2.24, 2.45) is 13.0 Å². The molecular weight excluding hydrogens is 484 g/mol. The first kappa shape index (κ1) is 28.2. The second kappa shape index (κ2) is 11.9. The number of aromatic nitrogens is 3. The zero-order chi connectivity index (χ0) is 27.4. The lowest BCUT2D eigenvalue weighted by atomic mass is 9.95. The Labute approximate surface area is 223 Å². The van der Waals surface area contributed by atoms with Gasteiger partial charge in [0, 0.05) is 50.0 Å². The molecule has 0 saturated carbocycles. The smallest absolute Gasteiger partial charge is 0.253 e. The van der Waals surface area contributed by atoms with E-state index in [9.17, 15) is 14.7 Å². The Kier molecular flexibility index (Phi) is 8.82. The lowest BCUT2D eigenvalue weighted by Gasteiger charge is -2.32. The van der Waals surface area contributed by atoms with Crippen LogP contribution in [-0.4, -0.2) is 63.1 Å². The first-order chi connectivity index (χ1) is 18.1. The van der Waals surface area contributed by atoms with Gasteiger partial charge in [-0.05, 0) is 64.3 Å². The molecule has 1 aromatic carbocycles. The number of carbonyl (C=O) groups excluding carboxylic acids is 1. The fraction of sp³-hybridized carbons (Fsp3) is 0.552. The normalized spacial score (nSPS) is 18.6. The first-order valence-electron chi connectivity index (χ1n) is 13.4. The number of aliphatic hydroxyl groups is 1. The molecule has 3 atom stereocenters. The average Bonchev–Trinajstić information content (AvgIpc) is 3.25. The average molecular weight is 525 g/mol. The van der Waals surface area contributed by atoms with Crippen LogP contribution in [0.4, 0.5) is 0 Å². The molecule has 0 aliphatic carbocycles. The van der Waals surface area contributed by atoms with E-state index in [2.05, 4.69) is 16.0 Å². The molecule has 9 heteroatoms. The van der Waals surface area contributed by atoms with Crippen molar-refractivity contribution < 1.29 is 19.4 Å². The van der Waals surface area contributed by atoms with Crippen LogP contribution in [0.3, 0.4) is 0 Å². The maximum atomic E-state index is 12.3. The van der Waals surface area contributed by atoms with Gasteiger partial charge in [-0.3, -0.25) is 10.1 Å². The van der Waals surface area contributed by atoms with Gasteiger partial charge in [0.1, 0.15) is 17.6 Å². The number of pyridine rings is 1. The molecule has 3 aromatic rings. The molecule has 9 nitrogen and oxygen atoms in total. The Bertz CT molecular complexity index is 1300. The molecular formula is C29H40N4O5. The Morgan fingerprint density at radius 1 is 1.32 bits per heavy atom. The van der Waals surface area contributed by atoms with E-state index >= 15 is 0 Å².